The highest BCUT2D eigenvalue weighted by atomic mass is 35.5. The lowest BCUT2D eigenvalue weighted by Crippen LogP contribution is -2.58. The number of hydrogen-bond acceptors (Lipinski definition) is 15. The van der Waals surface area contributed by atoms with Crippen LogP contribution < -0.4 is 43.5 Å². The van der Waals surface area contributed by atoms with Crippen molar-refractivity contribution in [2.75, 3.05) is 13.1 Å². The van der Waals surface area contributed by atoms with Crippen LogP contribution >= 0.6 is 12.4 Å². The van der Waals surface area contributed by atoms with Crippen molar-refractivity contribution in [1.29, 1.82) is 0 Å². The maximum absolute atomic E-state index is 13.8. The van der Waals surface area contributed by atoms with E-state index in [0.29, 0.717) is 16.7 Å². The van der Waals surface area contributed by atoms with Gasteiger partial charge in [0, 0.05) is 6.54 Å². The summed E-state index contributed by atoms with van der Waals surface area (Å²) in [5, 5.41) is 22.2. The number of guanidine groups is 1. The molecule has 0 heterocycles. The van der Waals surface area contributed by atoms with Crippen LogP contribution in [-0.4, -0.2) is 102 Å². The minimum absolute atomic E-state index is 0. The van der Waals surface area contributed by atoms with Crippen molar-refractivity contribution in [3.63, 3.8) is 0 Å². The van der Waals surface area contributed by atoms with Crippen molar-refractivity contribution in [3.8, 4) is 0 Å². The lowest BCUT2D eigenvalue weighted by molar-refractivity contribution is -0.525. The molecule has 5 amide bonds. The molecule has 0 saturated carbocycles. The second kappa shape index (κ2) is 31.5. The van der Waals surface area contributed by atoms with E-state index in [1.54, 1.807) is 124 Å². The van der Waals surface area contributed by atoms with Crippen molar-refractivity contribution in [1.82, 2.24) is 32.0 Å². The number of hydrazine groups is 1. The molecule has 0 aliphatic rings. The van der Waals surface area contributed by atoms with Gasteiger partial charge in [-0.2, -0.15) is 0 Å². The van der Waals surface area contributed by atoms with E-state index in [1.807, 2.05) is 0 Å². The third-order valence-corrected chi connectivity index (χ3v) is 10.1. The van der Waals surface area contributed by atoms with Crippen LogP contribution in [0.3, 0.4) is 0 Å². The topological polar surface area (TPSA) is 344 Å². The van der Waals surface area contributed by atoms with E-state index < -0.39 is 120 Å². The number of rotatable bonds is 28. The fourth-order valence-corrected chi connectivity index (χ4v) is 6.30. The molecule has 0 radical (unpaired) electrons. The number of carbonyl (C=O) groups is 8. The predicted molar refractivity (Wildman–Crippen MR) is 259 cm³/mol. The number of nitro groups is 1. The molecule has 3 aromatic carbocycles. The molecular formula is C47H63ClN10O13. The average Bonchev–Trinajstić information content (AvgIpc) is 3.33. The molecule has 71 heavy (non-hydrogen) atoms. The van der Waals surface area contributed by atoms with Crippen LogP contribution in [0.1, 0.15) is 70.1 Å². The highest BCUT2D eigenvalue weighted by Gasteiger charge is 2.33. The van der Waals surface area contributed by atoms with E-state index in [1.165, 1.54) is 0 Å². The fraction of sp³-hybridized carbons (Fsp3) is 0.426. The van der Waals surface area contributed by atoms with Gasteiger partial charge in [0.05, 0.1) is 25.4 Å². The van der Waals surface area contributed by atoms with E-state index in [2.05, 4.69) is 31.6 Å². The van der Waals surface area contributed by atoms with Gasteiger partial charge in [-0.15, -0.1) is 12.4 Å². The Hall–Kier alpha value is -7.66. The van der Waals surface area contributed by atoms with Crippen molar-refractivity contribution in [2.45, 2.75) is 103 Å². The zero-order chi connectivity index (χ0) is 51.6. The standard InChI is InChI=1S/C47H62N10O13.ClH/c1-29(2)40(54-42(61)34(48)23-38(59)68-26-31-15-8-5-9-16-31)45(64)53-35(21-14-22-50-47(49)56-57(66)67)43(62)51-25-37(58)52-36(24-39(60)69-27-32-17-10-6-11-18-32)44(63)55-41(30(3)4)46(65)70-28-33-19-12-7-13-20-33;/h5-13,15-20,29-30,34-36,40-41H,14,21-28,48H2,1-4H3,(H,51,62)(H,52,58)(H,53,64)(H,54,61)(H,55,63)(H3,49,50,56);1H/t34-,35-,36-,40-,41-;/m0./s1. The minimum Gasteiger partial charge on any atom is -0.461 e. The van der Waals surface area contributed by atoms with E-state index in [9.17, 15) is 48.5 Å². The quantitative estimate of drug-likeness (QED) is 0.00956. The Morgan fingerprint density at radius 2 is 1.10 bits per heavy atom. The Morgan fingerprint density at radius 1 is 0.620 bits per heavy atom. The van der Waals surface area contributed by atoms with E-state index in [0.717, 1.165) is 0 Å². The molecule has 5 atom stereocenters. The number of carbonyl (C=O) groups excluding carboxylic acids is 8. The number of hydrogen-bond donors (Lipinski definition) is 8. The summed E-state index contributed by atoms with van der Waals surface area (Å²) in [6.45, 7) is 5.30. The molecule has 0 aromatic heterocycles. The van der Waals surface area contributed by atoms with Crippen LogP contribution in [-0.2, 0) is 72.4 Å². The molecule has 23 nitrogen and oxygen atoms in total. The molecule has 0 fully saturated rings. The highest BCUT2D eigenvalue weighted by Crippen LogP contribution is 2.11. The first-order valence-corrected chi connectivity index (χ1v) is 22.4. The molecule has 24 heteroatoms. The molecule has 0 bridgehead atoms. The van der Waals surface area contributed by atoms with Crippen LogP contribution in [0.5, 0.6) is 0 Å². The smallest absolute Gasteiger partial charge is 0.329 e. The van der Waals surface area contributed by atoms with Gasteiger partial charge in [0.15, 0.2) is 5.03 Å². The van der Waals surface area contributed by atoms with Gasteiger partial charge in [-0.05, 0) is 41.4 Å². The van der Waals surface area contributed by atoms with Crippen LogP contribution in [0.15, 0.2) is 96.0 Å². The molecule has 386 valence electrons. The molecule has 0 aliphatic carbocycles. The number of halogens is 1. The van der Waals surface area contributed by atoms with Gasteiger partial charge in [0.1, 0.15) is 44.0 Å². The van der Waals surface area contributed by atoms with Gasteiger partial charge < -0.3 is 52.3 Å². The fourth-order valence-electron chi connectivity index (χ4n) is 6.30. The normalized spacial score (nSPS) is 13.1. The molecule has 0 unspecified atom stereocenters. The van der Waals surface area contributed by atoms with Gasteiger partial charge in [-0.1, -0.05) is 124 Å². The number of amides is 5. The van der Waals surface area contributed by atoms with Crippen molar-refractivity contribution >= 4 is 65.8 Å². The SMILES string of the molecule is CC(C)[C@H](NC(=O)[C@@H](N)CC(=O)OCc1ccccc1)C(=O)N[C@@H](CCCN=C(N)N[N+](=O)[O-])C(=O)NCC(=O)N[C@@H](CC(=O)OCc1ccccc1)C(=O)N[C@H](C(=O)OCc1ccccc1)C(C)C.Cl. The predicted octanol–water partition coefficient (Wildman–Crippen LogP) is 0.990. The van der Waals surface area contributed by atoms with E-state index in [4.69, 9.17) is 25.7 Å². The largest absolute Gasteiger partial charge is 0.461 e. The molecule has 0 saturated heterocycles. The van der Waals surface area contributed by atoms with E-state index in [-0.39, 0.29) is 51.6 Å². The zero-order valence-electron chi connectivity index (χ0n) is 39.8. The number of nitrogens with zero attached hydrogens (tertiary/aromatic N) is 2. The lowest BCUT2D eigenvalue weighted by Gasteiger charge is -2.26. The van der Waals surface area contributed by atoms with Gasteiger partial charge in [0.2, 0.25) is 29.5 Å². The third-order valence-electron chi connectivity index (χ3n) is 10.1. The third kappa shape index (κ3) is 23.0. The Bertz CT molecular complexity index is 2260. The number of nitrogens with one attached hydrogen (secondary N) is 6. The summed E-state index contributed by atoms with van der Waals surface area (Å²) in [5.41, 5.74) is 15.2. The second-order valence-electron chi connectivity index (χ2n) is 16.5. The summed E-state index contributed by atoms with van der Waals surface area (Å²) < 4.78 is 16.0. The van der Waals surface area contributed by atoms with Crippen LogP contribution in [0.25, 0.3) is 0 Å². The first-order valence-electron chi connectivity index (χ1n) is 22.4. The van der Waals surface area contributed by atoms with Gasteiger partial charge in [0.25, 0.3) is 5.96 Å². The highest BCUT2D eigenvalue weighted by molar-refractivity contribution is 5.96. The number of ether oxygens (including phenoxy) is 3. The second-order valence-corrected chi connectivity index (χ2v) is 16.5. The molecule has 3 rings (SSSR count). The summed E-state index contributed by atoms with van der Waals surface area (Å²) in [6.07, 6.45) is -1.35. The summed E-state index contributed by atoms with van der Waals surface area (Å²) >= 11 is 0. The molecule has 0 spiro atoms. The van der Waals surface area contributed by atoms with E-state index >= 15 is 0 Å². The maximum atomic E-state index is 13.8. The first-order chi connectivity index (χ1) is 33.3. The Balaban J connectivity index is 0.0000173. The van der Waals surface area contributed by atoms with Crippen molar-refractivity contribution < 1.29 is 57.6 Å². The summed E-state index contributed by atoms with van der Waals surface area (Å²) in [4.78, 5) is 121. The Labute approximate surface area is 416 Å². The molecule has 10 N–H and O–H groups in total. The zero-order valence-corrected chi connectivity index (χ0v) is 40.6. The van der Waals surface area contributed by atoms with Gasteiger partial charge in [-0.3, -0.25) is 33.6 Å². The lowest BCUT2D eigenvalue weighted by atomic mass is 10.0. The number of nitrogens with two attached hydrogens (primary N) is 2. The number of benzene rings is 3. The minimum atomic E-state index is -1.62. The van der Waals surface area contributed by atoms with Crippen molar-refractivity contribution in [2.24, 2.45) is 28.3 Å². The monoisotopic (exact) mass is 1010 g/mol. The Kier molecular flexibility index (Phi) is 26.4. The summed E-state index contributed by atoms with van der Waals surface area (Å²) in [5.74, 6) is -8.55. The van der Waals surface area contributed by atoms with Crippen LogP contribution in [0.4, 0.5) is 0 Å². The number of aliphatic imine (C=N–C) groups is 1. The summed E-state index contributed by atoms with van der Waals surface area (Å²) in [6, 6.07) is 19.4. The molecule has 3 aromatic rings. The average molecular weight is 1010 g/mol. The van der Waals surface area contributed by atoms with Crippen molar-refractivity contribution in [3.05, 3.63) is 118 Å². The molecule has 0 aliphatic heterocycles. The maximum Gasteiger partial charge on any atom is 0.329 e. The van der Waals surface area contributed by atoms with Crippen LogP contribution in [0, 0.1) is 22.0 Å². The molecular weight excluding hydrogens is 948 g/mol. The first kappa shape index (κ1) is 59.5. The Morgan fingerprint density at radius 3 is 1.59 bits per heavy atom. The van der Waals surface area contributed by atoms with Gasteiger partial charge >= 0.3 is 17.9 Å². The van der Waals surface area contributed by atoms with Gasteiger partial charge in [-0.25, -0.2) is 19.9 Å². The summed E-state index contributed by atoms with van der Waals surface area (Å²) in [7, 11) is 0. The number of esters is 3. The van der Waals surface area contributed by atoms with Crippen LogP contribution in [0.2, 0.25) is 0 Å².